The molecule has 118 valence electrons. The summed E-state index contributed by atoms with van der Waals surface area (Å²) in [4.78, 5) is 31.7. The van der Waals surface area contributed by atoms with Crippen LogP contribution in [0.3, 0.4) is 0 Å². The number of carbonyl (C=O) groups excluding carboxylic acids is 2. The second-order valence-electron chi connectivity index (χ2n) is 5.30. The molecule has 0 atom stereocenters. The topological polar surface area (TPSA) is 77.0 Å². The number of nitrogens with one attached hydrogen (secondary N) is 1. The smallest absolute Gasteiger partial charge is 0.418 e. The zero-order valence-electron chi connectivity index (χ0n) is 13.0. The second kappa shape index (κ2) is 6.08. The number of fused-ring (bicyclic) bond motifs is 1. The molecule has 6 nitrogen and oxygen atoms in total. The lowest BCUT2D eigenvalue weighted by Gasteiger charge is -2.00. The van der Waals surface area contributed by atoms with E-state index < -0.39 is 6.09 Å². The first kappa shape index (κ1) is 15.0. The SMILES string of the molecule is COC(=O)n1cc(C(=O)CCc2nc[nH]c2C)c2ccccc21. The average molecular weight is 311 g/mol. The van der Waals surface area contributed by atoms with Crippen LogP contribution in [0.5, 0.6) is 0 Å². The summed E-state index contributed by atoms with van der Waals surface area (Å²) in [5.74, 6) is -0.0220. The summed E-state index contributed by atoms with van der Waals surface area (Å²) < 4.78 is 6.13. The highest BCUT2D eigenvalue weighted by molar-refractivity contribution is 6.09. The number of para-hydroxylation sites is 1. The molecule has 3 rings (SSSR count). The minimum Gasteiger partial charge on any atom is -0.452 e. The molecule has 6 heteroatoms. The number of ketones is 1. The molecule has 0 amide bonds. The van der Waals surface area contributed by atoms with E-state index in [0.717, 1.165) is 16.8 Å². The first-order valence-corrected chi connectivity index (χ1v) is 7.32. The minimum atomic E-state index is -0.511. The van der Waals surface area contributed by atoms with Crippen LogP contribution in [-0.2, 0) is 11.2 Å². The Kier molecular flexibility index (Phi) is 3.97. The fraction of sp³-hybridized carbons (Fsp3) is 0.235. The van der Waals surface area contributed by atoms with Gasteiger partial charge in [0.15, 0.2) is 5.78 Å². The number of carbonyl (C=O) groups is 2. The molecule has 0 aliphatic heterocycles. The molecule has 0 aliphatic carbocycles. The number of aryl methyl sites for hydroxylation is 2. The number of hydrogen-bond acceptors (Lipinski definition) is 4. The van der Waals surface area contributed by atoms with Crippen LogP contribution in [0, 0.1) is 6.92 Å². The highest BCUT2D eigenvalue weighted by Crippen LogP contribution is 2.23. The summed E-state index contributed by atoms with van der Waals surface area (Å²) in [5, 5.41) is 0.752. The quantitative estimate of drug-likeness (QED) is 0.751. The molecule has 1 N–H and O–H groups in total. The maximum Gasteiger partial charge on any atom is 0.418 e. The summed E-state index contributed by atoms with van der Waals surface area (Å²) in [6.45, 7) is 1.93. The first-order chi connectivity index (χ1) is 11.1. The number of Topliss-reactive ketones (excluding diaryl/α,β-unsaturated/α-hetero) is 1. The monoisotopic (exact) mass is 311 g/mol. The van der Waals surface area contributed by atoms with E-state index in [9.17, 15) is 9.59 Å². The summed E-state index contributed by atoms with van der Waals surface area (Å²) in [6, 6.07) is 7.30. The number of methoxy groups -OCH3 is 1. The zero-order valence-corrected chi connectivity index (χ0v) is 13.0. The number of rotatable bonds is 4. The molecule has 23 heavy (non-hydrogen) atoms. The molecule has 0 radical (unpaired) electrons. The molecule has 0 saturated carbocycles. The number of imidazole rings is 1. The first-order valence-electron chi connectivity index (χ1n) is 7.32. The Morgan fingerprint density at radius 2 is 2.09 bits per heavy atom. The number of benzene rings is 1. The van der Waals surface area contributed by atoms with Gasteiger partial charge in [0.1, 0.15) is 0 Å². The van der Waals surface area contributed by atoms with Crippen molar-refractivity contribution >= 4 is 22.8 Å². The molecule has 1 aromatic carbocycles. The van der Waals surface area contributed by atoms with E-state index in [-0.39, 0.29) is 5.78 Å². The number of H-pyrrole nitrogens is 1. The van der Waals surface area contributed by atoms with Gasteiger partial charge in [0.25, 0.3) is 0 Å². The second-order valence-corrected chi connectivity index (χ2v) is 5.30. The Morgan fingerprint density at radius 1 is 1.30 bits per heavy atom. The summed E-state index contributed by atoms with van der Waals surface area (Å²) in [7, 11) is 1.32. The number of hydrogen-bond donors (Lipinski definition) is 1. The van der Waals surface area contributed by atoms with Crippen LogP contribution in [0.1, 0.15) is 28.2 Å². The third-order valence-electron chi connectivity index (χ3n) is 3.91. The van der Waals surface area contributed by atoms with E-state index in [2.05, 4.69) is 9.97 Å². The predicted octanol–water partition coefficient (Wildman–Crippen LogP) is 3.10. The molecule has 2 aromatic heterocycles. The van der Waals surface area contributed by atoms with Crippen LogP contribution in [0.15, 0.2) is 36.8 Å². The fourth-order valence-corrected chi connectivity index (χ4v) is 2.66. The lowest BCUT2D eigenvalue weighted by atomic mass is 10.0. The van der Waals surface area contributed by atoms with Crippen molar-refractivity contribution in [2.24, 2.45) is 0 Å². The summed E-state index contributed by atoms with van der Waals surface area (Å²) >= 11 is 0. The summed E-state index contributed by atoms with van der Waals surface area (Å²) in [5.41, 5.74) is 3.04. The maximum absolute atomic E-state index is 12.6. The fourth-order valence-electron chi connectivity index (χ4n) is 2.66. The third kappa shape index (κ3) is 2.75. The van der Waals surface area contributed by atoms with Crippen molar-refractivity contribution in [3.63, 3.8) is 0 Å². The molecular formula is C17H17N3O3. The Labute approximate surface area is 133 Å². The van der Waals surface area contributed by atoms with Crippen LogP contribution in [-0.4, -0.2) is 33.5 Å². The van der Waals surface area contributed by atoms with Gasteiger partial charge in [0, 0.05) is 29.3 Å². The van der Waals surface area contributed by atoms with Crippen molar-refractivity contribution in [1.29, 1.82) is 0 Å². The van der Waals surface area contributed by atoms with Crippen LogP contribution in [0.25, 0.3) is 10.9 Å². The minimum absolute atomic E-state index is 0.0220. The van der Waals surface area contributed by atoms with E-state index in [0.29, 0.717) is 23.9 Å². The highest BCUT2D eigenvalue weighted by atomic mass is 16.5. The largest absolute Gasteiger partial charge is 0.452 e. The Balaban J connectivity index is 1.91. The van der Waals surface area contributed by atoms with Crippen molar-refractivity contribution in [1.82, 2.24) is 14.5 Å². The highest BCUT2D eigenvalue weighted by Gasteiger charge is 2.18. The van der Waals surface area contributed by atoms with Gasteiger partial charge in [-0.2, -0.15) is 0 Å². The molecular weight excluding hydrogens is 294 g/mol. The Bertz CT molecular complexity index is 876. The molecule has 0 bridgehead atoms. The molecule has 0 unspecified atom stereocenters. The van der Waals surface area contributed by atoms with E-state index in [1.807, 2.05) is 25.1 Å². The third-order valence-corrected chi connectivity index (χ3v) is 3.91. The van der Waals surface area contributed by atoms with Gasteiger partial charge < -0.3 is 9.72 Å². The number of aromatic nitrogens is 3. The molecule has 0 fully saturated rings. The molecule has 0 saturated heterocycles. The van der Waals surface area contributed by atoms with Gasteiger partial charge in [-0.05, 0) is 19.4 Å². The van der Waals surface area contributed by atoms with E-state index in [1.54, 1.807) is 18.6 Å². The summed E-state index contributed by atoms with van der Waals surface area (Å²) in [6.07, 6.45) is 3.56. The van der Waals surface area contributed by atoms with Crippen LogP contribution in [0.2, 0.25) is 0 Å². The normalized spacial score (nSPS) is 10.9. The maximum atomic E-state index is 12.6. The molecule has 3 aromatic rings. The van der Waals surface area contributed by atoms with E-state index in [1.165, 1.54) is 11.7 Å². The van der Waals surface area contributed by atoms with Gasteiger partial charge in [0.2, 0.25) is 0 Å². The molecule has 2 heterocycles. The van der Waals surface area contributed by atoms with Crippen LogP contribution < -0.4 is 0 Å². The lowest BCUT2D eigenvalue weighted by molar-refractivity contribution is 0.0984. The van der Waals surface area contributed by atoms with Gasteiger partial charge >= 0.3 is 6.09 Å². The van der Waals surface area contributed by atoms with Gasteiger partial charge in [-0.3, -0.25) is 9.36 Å². The van der Waals surface area contributed by atoms with E-state index >= 15 is 0 Å². The van der Waals surface area contributed by atoms with Crippen LogP contribution in [0.4, 0.5) is 4.79 Å². The number of nitrogens with zero attached hydrogens (tertiary/aromatic N) is 2. The molecule has 0 aliphatic rings. The Hall–Kier alpha value is -2.89. The van der Waals surface area contributed by atoms with Crippen molar-refractivity contribution in [3.8, 4) is 0 Å². The van der Waals surface area contributed by atoms with Gasteiger partial charge in [-0.15, -0.1) is 0 Å². The standard InChI is InChI=1S/C17H17N3O3/c1-11-14(19-10-18-11)7-8-16(21)13-9-20(17(22)23-2)15-6-4-3-5-12(13)15/h3-6,9-10H,7-8H2,1-2H3,(H,18,19). The van der Waals surface area contributed by atoms with Gasteiger partial charge in [-0.25, -0.2) is 9.78 Å². The number of ether oxygens (including phenoxy) is 1. The number of aromatic amines is 1. The zero-order chi connectivity index (χ0) is 16.4. The lowest BCUT2D eigenvalue weighted by Crippen LogP contribution is -2.10. The van der Waals surface area contributed by atoms with Crippen molar-refractivity contribution in [2.75, 3.05) is 7.11 Å². The predicted molar refractivity (Wildman–Crippen MR) is 85.7 cm³/mol. The van der Waals surface area contributed by atoms with E-state index in [4.69, 9.17) is 4.74 Å². The van der Waals surface area contributed by atoms with Crippen molar-refractivity contribution in [3.05, 3.63) is 53.7 Å². The van der Waals surface area contributed by atoms with Crippen LogP contribution >= 0.6 is 0 Å². The molecule has 0 spiro atoms. The van der Waals surface area contributed by atoms with Crippen molar-refractivity contribution < 1.29 is 14.3 Å². The van der Waals surface area contributed by atoms with Crippen molar-refractivity contribution in [2.45, 2.75) is 19.8 Å². The average Bonchev–Trinajstić information content (AvgIpc) is 3.15. The van der Waals surface area contributed by atoms with Gasteiger partial charge in [0.05, 0.1) is 24.6 Å². The Morgan fingerprint density at radius 3 is 2.78 bits per heavy atom. The van der Waals surface area contributed by atoms with Gasteiger partial charge in [-0.1, -0.05) is 18.2 Å².